The Hall–Kier alpha value is -2.22. The van der Waals surface area contributed by atoms with Crippen molar-refractivity contribution in [3.63, 3.8) is 0 Å². The summed E-state index contributed by atoms with van der Waals surface area (Å²) in [5.41, 5.74) is 1.99. The number of aryl methyl sites for hydroxylation is 1. The molecule has 2 aromatic rings. The van der Waals surface area contributed by atoms with Crippen molar-refractivity contribution in [3.05, 3.63) is 51.5 Å². The average Bonchev–Trinajstić information content (AvgIpc) is 3.06. The zero-order chi connectivity index (χ0) is 20.3. The summed E-state index contributed by atoms with van der Waals surface area (Å²) in [5.74, 6) is -0.254. The fraction of sp³-hybridized carbons (Fsp3) is 0.450. The molecule has 0 saturated heterocycles. The first-order valence-corrected chi connectivity index (χ1v) is 10.2. The number of hydrogen-bond acceptors (Lipinski definition) is 3. The van der Waals surface area contributed by atoms with Gasteiger partial charge in [-0.25, -0.2) is 4.39 Å². The maximum atomic E-state index is 14.0. The zero-order valence-corrected chi connectivity index (χ0v) is 17.6. The predicted molar refractivity (Wildman–Crippen MR) is 107 cm³/mol. The van der Waals surface area contributed by atoms with Crippen molar-refractivity contribution in [2.45, 2.75) is 45.7 Å². The van der Waals surface area contributed by atoms with Crippen LogP contribution in [0.2, 0.25) is 0 Å². The molecular weight excluding hydrogens is 427 g/mol. The van der Waals surface area contributed by atoms with Crippen LogP contribution in [0.4, 0.5) is 4.39 Å². The molecule has 0 aliphatic carbocycles. The largest absolute Gasteiger partial charge is 0.356 e. The summed E-state index contributed by atoms with van der Waals surface area (Å²) in [6.45, 7) is 4.68. The number of carbonyl (C=O) groups is 2. The van der Waals surface area contributed by atoms with Crippen LogP contribution in [0.25, 0.3) is 0 Å². The van der Waals surface area contributed by atoms with Crippen molar-refractivity contribution in [3.8, 4) is 0 Å². The van der Waals surface area contributed by atoms with Crippen LogP contribution < -0.4 is 10.6 Å². The molecular formula is C20H24BrFN4O2. The van der Waals surface area contributed by atoms with E-state index in [0.29, 0.717) is 30.5 Å². The van der Waals surface area contributed by atoms with E-state index < -0.39 is 0 Å². The summed E-state index contributed by atoms with van der Waals surface area (Å²) in [6, 6.07) is 4.56. The van der Waals surface area contributed by atoms with E-state index in [1.165, 1.54) is 13.0 Å². The number of amides is 2. The monoisotopic (exact) mass is 450 g/mol. The van der Waals surface area contributed by atoms with Crippen LogP contribution in [-0.2, 0) is 24.2 Å². The van der Waals surface area contributed by atoms with Crippen molar-refractivity contribution in [2.24, 2.45) is 5.92 Å². The number of hydrogen-bond donors (Lipinski definition) is 2. The first kappa shape index (κ1) is 20.5. The Bertz CT molecular complexity index is 883. The van der Waals surface area contributed by atoms with Gasteiger partial charge in [-0.2, -0.15) is 5.10 Å². The molecule has 2 amide bonds. The molecule has 2 unspecified atom stereocenters. The van der Waals surface area contributed by atoms with E-state index in [0.717, 1.165) is 23.1 Å². The molecule has 8 heteroatoms. The Morgan fingerprint density at radius 2 is 2.21 bits per heavy atom. The van der Waals surface area contributed by atoms with Crippen LogP contribution in [0.15, 0.2) is 28.9 Å². The fourth-order valence-electron chi connectivity index (χ4n) is 3.53. The molecule has 28 heavy (non-hydrogen) atoms. The number of rotatable bonds is 6. The third-order valence-electron chi connectivity index (χ3n) is 4.98. The lowest BCUT2D eigenvalue weighted by Gasteiger charge is -2.24. The van der Waals surface area contributed by atoms with Crippen molar-refractivity contribution >= 4 is 27.7 Å². The Kier molecular flexibility index (Phi) is 6.49. The second kappa shape index (κ2) is 8.86. The molecule has 2 N–H and O–H groups in total. The van der Waals surface area contributed by atoms with Gasteiger partial charge in [0.1, 0.15) is 5.82 Å². The van der Waals surface area contributed by atoms with Gasteiger partial charge in [-0.15, -0.1) is 0 Å². The number of nitrogens with one attached hydrogen (secondary N) is 2. The predicted octanol–water partition coefficient (Wildman–Crippen LogP) is 2.84. The van der Waals surface area contributed by atoms with Gasteiger partial charge in [0.2, 0.25) is 5.91 Å². The molecule has 0 saturated carbocycles. The summed E-state index contributed by atoms with van der Waals surface area (Å²) in [4.78, 5) is 23.9. The fourth-order valence-corrected chi connectivity index (χ4v) is 3.94. The van der Waals surface area contributed by atoms with Gasteiger partial charge in [0.15, 0.2) is 0 Å². The van der Waals surface area contributed by atoms with E-state index in [1.54, 1.807) is 18.3 Å². The van der Waals surface area contributed by atoms with E-state index >= 15 is 0 Å². The highest BCUT2D eigenvalue weighted by Gasteiger charge is 2.26. The van der Waals surface area contributed by atoms with Crippen molar-refractivity contribution in [1.82, 2.24) is 20.4 Å². The molecule has 1 aliphatic rings. The number of nitrogens with zero attached hydrogens (tertiary/aromatic N) is 2. The Morgan fingerprint density at radius 3 is 2.96 bits per heavy atom. The van der Waals surface area contributed by atoms with Gasteiger partial charge in [-0.05, 0) is 55.9 Å². The van der Waals surface area contributed by atoms with Gasteiger partial charge in [0.05, 0.1) is 17.5 Å². The van der Waals surface area contributed by atoms with Gasteiger partial charge in [-0.3, -0.25) is 14.3 Å². The topological polar surface area (TPSA) is 76.0 Å². The highest BCUT2D eigenvalue weighted by molar-refractivity contribution is 9.10. The number of fused-ring (bicyclic) bond motifs is 1. The lowest BCUT2D eigenvalue weighted by Crippen LogP contribution is -2.36. The van der Waals surface area contributed by atoms with Crippen LogP contribution in [0.1, 0.15) is 41.9 Å². The van der Waals surface area contributed by atoms with Gasteiger partial charge in [0, 0.05) is 30.5 Å². The van der Waals surface area contributed by atoms with E-state index in [4.69, 9.17) is 0 Å². The maximum absolute atomic E-state index is 14.0. The molecule has 0 bridgehead atoms. The molecule has 2 atom stereocenters. The first-order chi connectivity index (χ1) is 13.3. The quantitative estimate of drug-likeness (QED) is 0.710. The molecule has 1 aromatic carbocycles. The zero-order valence-electron chi connectivity index (χ0n) is 16.0. The standard InChI is InChI=1S/C20H24BrFN4O2/c1-12(7-15-9-16(21)3-4-18(15)22)25-20(28)17-11-24-26-6-5-14(8-19(17)26)10-23-13(2)27/h3-4,9,11-12,14H,5-8,10H2,1-2H3,(H,23,27)(H,25,28). The van der Waals surface area contributed by atoms with Crippen LogP contribution in [-0.4, -0.2) is 34.2 Å². The molecule has 0 radical (unpaired) electrons. The number of halogens is 2. The van der Waals surface area contributed by atoms with Crippen molar-refractivity contribution in [1.29, 1.82) is 0 Å². The van der Waals surface area contributed by atoms with Crippen LogP contribution in [0.3, 0.4) is 0 Å². The number of carbonyl (C=O) groups excluding carboxylic acids is 2. The second-order valence-electron chi connectivity index (χ2n) is 7.34. The molecule has 2 heterocycles. The summed E-state index contributed by atoms with van der Waals surface area (Å²) in [7, 11) is 0. The van der Waals surface area contributed by atoms with E-state index in [1.807, 2.05) is 11.6 Å². The summed E-state index contributed by atoms with van der Waals surface area (Å²) in [6.07, 6.45) is 3.59. The summed E-state index contributed by atoms with van der Waals surface area (Å²) >= 11 is 3.35. The molecule has 3 rings (SSSR count). The first-order valence-electron chi connectivity index (χ1n) is 9.37. The normalized spacial score (nSPS) is 16.9. The molecule has 6 nitrogen and oxygen atoms in total. The van der Waals surface area contributed by atoms with Gasteiger partial charge < -0.3 is 10.6 Å². The molecule has 0 spiro atoms. The van der Waals surface area contributed by atoms with E-state index in [2.05, 4.69) is 31.7 Å². The SMILES string of the molecule is CC(=O)NCC1CCn2ncc(C(=O)NC(C)Cc3cc(Br)ccc3F)c2C1. The van der Waals surface area contributed by atoms with Crippen molar-refractivity contribution in [2.75, 3.05) is 6.54 Å². The van der Waals surface area contributed by atoms with Crippen LogP contribution in [0.5, 0.6) is 0 Å². The lowest BCUT2D eigenvalue weighted by atomic mass is 9.94. The number of benzene rings is 1. The Labute approximate surface area is 172 Å². The number of aromatic nitrogens is 2. The molecule has 1 aliphatic heterocycles. The second-order valence-corrected chi connectivity index (χ2v) is 8.25. The smallest absolute Gasteiger partial charge is 0.254 e. The Balaban J connectivity index is 1.64. The average molecular weight is 451 g/mol. The van der Waals surface area contributed by atoms with Gasteiger partial charge >= 0.3 is 0 Å². The Morgan fingerprint density at radius 1 is 1.43 bits per heavy atom. The third kappa shape index (κ3) is 4.98. The minimum Gasteiger partial charge on any atom is -0.356 e. The van der Waals surface area contributed by atoms with Crippen LogP contribution >= 0.6 is 15.9 Å². The summed E-state index contributed by atoms with van der Waals surface area (Å²) < 4.78 is 16.6. The van der Waals surface area contributed by atoms with E-state index in [9.17, 15) is 14.0 Å². The highest BCUT2D eigenvalue weighted by Crippen LogP contribution is 2.23. The maximum Gasteiger partial charge on any atom is 0.254 e. The molecule has 0 fully saturated rings. The third-order valence-corrected chi connectivity index (χ3v) is 5.47. The minimum atomic E-state index is -0.284. The highest BCUT2D eigenvalue weighted by atomic mass is 79.9. The lowest BCUT2D eigenvalue weighted by molar-refractivity contribution is -0.119. The van der Waals surface area contributed by atoms with Crippen molar-refractivity contribution < 1.29 is 14.0 Å². The van der Waals surface area contributed by atoms with Gasteiger partial charge in [-0.1, -0.05) is 15.9 Å². The molecule has 150 valence electrons. The molecule has 1 aromatic heterocycles. The van der Waals surface area contributed by atoms with Crippen LogP contribution in [0, 0.1) is 11.7 Å². The van der Waals surface area contributed by atoms with E-state index in [-0.39, 0.29) is 29.6 Å². The summed E-state index contributed by atoms with van der Waals surface area (Å²) in [5, 5.41) is 10.1. The minimum absolute atomic E-state index is 0.0503. The van der Waals surface area contributed by atoms with Gasteiger partial charge in [0.25, 0.3) is 5.91 Å².